The van der Waals surface area contributed by atoms with Crippen LogP contribution in [0, 0.1) is 11.3 Å². The van der Waals surface area contributed by atoms with Crippen LogP contribution in [0.4, 0.5) is 5.69 Å². The first-order valence-electron chi connectivity index (χ1n) is 6.33. The Kier molecular flexibility index (Phi) is 4.03. The number of anilines is 1. The standard InChI is InChI=1S/C14H17N3O2/c1-16-14(19)13-3-2-6-17(13)12-5-4-10(9-18)7-11(12)8-15/h4-5,7,13,18H,2-3,6,9H2,1H3,(H,16,19). The molecule has 1 unspecified atom stereocenters. The van der Waals surface area contributed by atoms with Gasteiger partial charge in [-0.2, -0.15) is 5.26 Å². The fraction of sp³-hybridized carbons (Fsp3) is 0.429. The van der Waals surface area contributed by atoms with Gasteiger partial charge in [0.1, 0.15) is 12.1 Å². The van der Waals surface area contributed by atoms with Crippen molar-refractivity contribution in [3.63, 3.8) is 0 Å². The second-order valence-electron chi connectivity index (χ2n) is 4.59. The monoisotopic (exact) mass is 259 g/mol. The van der Waals surface area contributed by atoms with Gasteiger partial charge in [-0.3, -0.25) is 4.79 Å². The maximum atomic E-state index is 11.8. The Bertz CT molecular complexity index is 522. The molecule has 1 atom stereocenters. The van der Waals surface area contributed by atoms with Crippen LogP contribution in [0.25, 0.3) is 0 Å². The van der Waals surface area contributed by atoms with Crippen molar-refractivity contribution in [2.75, 3.05) is 18.5 Å². The van der Waals surface area contributed by atoms with Crippen LogP contribution in [-0.2, 0) is 11.4 Å². The molecule has 1 aliphatic heterocycles. The lowest BCUT2D eigenvalue weighted by Crippen LogP contribution is -2.42. The Morgan fingerprint density at radius 1 is 1.63 bits per heavy atom. The molecule has 1 saturated heterocycles. The van der Waals surface area contributed by atoms with Gasteiger partial charge in [-0.05, 0) is 30.5 Å². The van der Waals surface area contributed by atoms with Gasteiger partial charge in [0.25, 0.3) is 0 Å². The minimum absolute atomic E-state index is 0.0207. The third-order valence-corrected chi connectivity index (χ3v) is 3.48. The molecule has 0 radical (unpaired) electrons. The molecule has 0 aliphatic carbocycles. The first kappa shape index (κ1) is 13.4. The largest absolute Gasteiger partial charge is 0.392 e. The van der Waals surface area contributed by atoms with E-state index in [1.54, 1.807) is 19.2 Å². The molecule has 0 bridgehead atoms. The summed E-state index contributed by atoms with van der Waals surface area (Å²) in [6, 6.07) is 7.20. The van der Waals surface area contributed by atoms with Crippen molar-refractivity contribution in [3.8, 4) is 6.07 Å². The molecular formula is C14H17N3O2. The Hall–Kier alpha value is -2.06. The van der Waals surface area contributed by atoms with E-state index in [1.807, 2.05) is 11.0 Å². The maximum Gasteiger partial charge on any atom is 0.242 e. The third kappa shape index (κ3) is 2.54. The minimum atomic E-state index is -0.211. The van der Waals surface area contributed by atoms with Gasteiger partial charge in [-0.1, -0.05) is 6.07 Å². The molecule has 1 aromatic rings. The molecule has 1 amide bonds. The van der Waals surface area contributed by atoms with Gasteiger partial charge in [-0.15, -0.1) is 0 Å². The normalized spacial score (nSPS) is 18.2. The average Bonchev–Trinajstić information content (AvgIpc) is 2.94. The molecule has 0 saturated carbocycles. The number of aliphatic hydroxyl groups excluding tert-OH is 1. The highest BCUT2D eigenvalue weighted by Gasteiger charge is 2.31. The second kappa shape index (κ2) is 5.72. The zero-order chi connectivity index (χ0) is 13.8. The van der Waals surface area contributed by atoms with E-state index in [-0.39, 0.29) is 18.6 Å². The van der Waals surface area contributed by atoms with Gasteiger partial charge in [0, 0.05) is 13.6 Å². The smallest absolute Gasteiger partial charge is 0.242 e. The summed E-state index contributed by atoms with van der Waals surface area (Å²) in [6.45, 7) is 0.680. The molecule has 1 aliphatic rings. The first-order valence-corrected chi connectivity index (χ1v) is 6.33. The molecule has 5 nitrogen and oxygen atoms in total. The van der Waals surface area contributed by atoms with E-state index in [0.29, 0.717) is 11.1 Å². The van der Waals surface area contributed by atoms with Crippen molar-refractivity contribution in [3.05, 3.63) is 29.3 Å². The number of nitrogens with one attached hydrogen (secondary N) is 1. The number of carbonyl (C=O) groups excluding carboxylic acids is 1. The highest BCUT2D eigenvalue weighted by Crippen LogP contribution is 2.29. The number of likely N-dealkylation sites (N-methyl/N-ethyl adjacent to an activating group) is 1. The summed E-state index contributed by atoms with van der Waals surface area (Å²) in [5.41, 5.74) is 1.98. The minimum Gasteiger partial charge on any atom is -0.392 e. The lowest BCUT2D eigenvalue weighted by atomic mass is 10.1. The van der Waals surface area contributed by atoms with E-state index >= 15 is 0 Å². The molecule has 1 fully saturated rings. The van der Waals surface area contributed by atoms with Gasteiger partial charge in [-0.25, -0.2) is 0 Å². The zero-order valence-corrected chi connectivity index (χ0v) is 10.9. The van der Waals surface area contributed by atoms with Crippen molar-refractivity contribution in [2.45, 2.75) is 25.5 Å². The predicted molar refractivity (Wildman–Crippen MR) is 71.5 cm³/mol. The number of amides is 1. The van der Waals surface area contributed by atoms with Gasteiger partial charge < -0.3 is 15.3 Å². The summed E-state index contributed by atoms with van der Waals surface area (Å²) < 4.78 is 0. The second-order valence-corrected chi connectivity index (χ2v) is 4.59. The van der Waals surface area contributed by atoms with Crippen molar-refractivity contribution in [1.82, 2.24) is 5.32 Å². The number of carbonyl (C=O) groups is 1. The fourth-order valence-corrected chi connectivity index (χ4v) is 2.52. The van der Waals surface area contributed by atoms with Gasteiger partial charge in [0.2, 0.25) is 5.91 Å². The Balaban J connectivity index is 2.36. The van der Waals surface area contributed by atoms with Gasteiger partial charge in [0.05, 0.1) is 17.9 Å². The van der Waals surface area contributed by atoms with Gasteiger partial charge >= 0.3 is 0 Å². The number of benzene rings is 1. The number of hydrogen-bond donors (Lipinski definition) is 2. The van der Waals surface area contributed by atoms with E-state index in [9.17, 15) is 10.1 Å². The van der Waals surface area contributed by atoms with E-state index in [1.165, 1.54) is 0 Å². The maximum absolute atomic E-state index is 11.8. The lowest BCUT2D eigenvalue weighted by Gasteiger charge is -2.26. The predicted octanol–water partition coefficient (Wildman–Crippen LogP) is 0.765. The quantitative estimate of drug-likeness (QED) is 0.840. The SMILES string of the molecule is CNC(=O)C1CCCN1c1ccc(CO)cc1C#N. The van der Waals surface area contributed by atoms with Crippen molar-refractivity contribution in [1.29, 1.82) is 5.26 Å². The molecule has 1 aromatic carbocycles. The molecule has 0 spiro atoms. The summed E-state index contributed by atoms with van der Waals surface area (Å²) in [4.78, 5) is 13.8. The molecule has 5 heteroatoms. The first-order chi connectivity index (χ1) is 9.21. The summed E-state index contributed by atoms with van der Waals surface area (Å²) in [6.07, 6.45) is 1.73. The molecule has 0 aromatic heterocycles. The topological polar surface area (TPSA) is 76.4 Å². The Morgan fingerprint density at radius 3 is 3.05 bits per heavy atom. The van der Waals surface area contributed by atoms with Crippen LogP contribution in [0.3, 0.4) is 0 Å². The highest BCUT2D eigenvalue weighted by atomic mass is 16.3. The molecule has 100 valence electrons. The van der Waals surface area contributed by atoms with E-state index in [0.717, 1.165) is 25.1 Å². The van der Waals surface area contributed by atoms with Gasteiger partial charge in [0.15, 0.2) is 0 Å². The van der Waals surface area contributed by atoms with Crippen LogP contribution in [-0.4, -0.2) is 30.6 Å². The third-order valence-electron chi connectivity index (χ3n) is 3.48. The molecule has 2 N–H and O–H groups in total. The summed E-state index contributed by atoms with van der Waals surface area (Å²) in [5.74, 6) is -0.0207. The number of rotatable bonds is 3. The summed E-state index contributed by atoms with van der Waals surface area (Å²) in [5, 5.41) is 21.0. The Labute approximate surface area is 112 Å². The summed E-state index contributed by atoms with van der Waals surface area (Å²) in [7, 11) is 1.62. The van der Waals surface area contributed by atoms with Crippen LogP contribution < -0.4 is 10.2 Å². The molecule has 19 heavy (non-hydrogen) atoms. The van der Waals surface area contributed by atoms with Crippen molar-refractivity contribution < 1.29 is 9.90 Å². The average molecular weight is 259 g/mol. The van der Waals surface area contributed by atoms with Crippen LogP contribution in [0.5, 0.6) is 0 Å². The lowest BCUT2D eigenvalue weighted by molar-refractivity contribution is -0.121. The number of nitriles is 1. The number of nitrogens with zero attached hydrogens (tertiary/aromatic N) is 2. The van der Waals surface area contributed by atoms with E-state index < -0.39 is 0 Å². The Morgan fingerprint density at radius 2 is 2.42 bits per heavy atom. The van der Waals surface area contributed by atoms with Crippen LogP contribution in [0.15, 0.2) is 18.2 Å². The van der Waals surface area contributed by atoms with Crippen LogP contribution >= 0.6 is 0 Å². The van der Waals surface area contributed by atoms with Crippen molar-refractivity contribution in [2.24, 2.45) is 0 Å². The highest BCUT2D eigenvalue weighted by molar-refractivity contribution is 5.86. The molecule has 1 heterocycles. The molecular weight excluding hydrogens is 242 g/mol. The molecule has 2 rings (SSSR count). The zero-order valence-electron chi connectivity index (χ0n) is 10.9. The van der Waals surface area contributed by atoms with E-state index in [4.69, 9.17) is 5.11 Å². The van der Waals surface area contributed by atoms with Crippen molar-refractivity contribution >= 4 is 11.6 Å². The summed E-state index contributed by atoms with van der Waals surface area (Å²) >= 11 is 0. The van der Waals surface area contributed by atoms with E-state index in [2.05, 4.69) is 11.4 Å². The fourth-order valence-electron chi connectivity index (χ4n) is 2.52. The number of hydrogen-bond acceptors (Lipinski definition) is 4. The van der Waals surface area contributed by atoms with Crippen LogP contribution in [0.2, 0.25) is 0 Å². The van der Waals surface area contributed by atoms with Crippen LogP contribution in [0.1, 0.15) is 24.0 Å². The number of aliphatic hydroxyl groups is 1.